The lowest BCUT2D eigenvalue weighted by molar-refractivity contribution is 0.823. The summed E-state index contributed by atoms with van der Waals surface area (Å²) in [5.41, 5.74) is 0. The van der Waals surface area contributed by atoms with Crippen molar-refractivity contribution in [2.24, 2.45) is 0 Å². The molecule has 0 aliphatic rings. The first-order valence-corrected chi connectivity index (χ1v) is 6.43. The van der Waals surface area contributed by atoms with Crippen LogP contribution in [0.2, 0.25) is 5.28 Å². The second-order valence-electron chi connectivity index (χ2n) is 3.87. The van der Waals surface area contributed by atoms with Gasteiger partial charge in [0.2, 0.25) is 5.28 Å². The van der Waals surface area contributed by atoms with Gasteiger partial charge in [0, 0.05) is 17.3 Å². The lowest BCUT2D eigenvalue weighted by Gasteiger charge is -2.12. The Kier molecular flexibility index (Phi) is 3.51. The number of thiophene rings is 1. The minimum Gasteiger partial charge on any atom is -0.366 e. The predicted octanol–water partition coefficient (Wildman–Crippen LogP) is 3.48. The number of aryl methyl sites for hydroxylation is 1. The summed E-state index contributed by atoms with van der Waals surface area (Å²) >= 11 is 7.50. The molecule has 0 aliphatic heterocycles. The van der Waals surface area contributed by atoms with Gasteiger partial charge in [0.05, 0.1) is 5.39 Å². The van der Waals surface area contributed by atoms with Crippen LogP contribution < -0.4 is 5.32 Å². The third kappa shape index (κ3) is 2.68. The first-order valence-electron chi connectivity index (χ1n) is 5.24. The van der Waals surface area contributed by atoms with E-state index in [0.29, 0.717) is 6.42 Å². The Morgan fingerprint density at radius 1 is 1.59 bits per heavy atom. The van der Waals surface area contributed by atoms with Crippen molar-refractivity contribution in [3.63, 3.8) is 0 Å². The van der Waals surface area contributed by atoms with Crippen molar-refractivity contribution in [3.8, 4) is 12.3 Å². The molecule has 1 atom stereocenters. The van der Waals surface area contributed by atoms with Gasteiger partial charge in [-0.2, -0.15) is 0 Å². The van der Waals surface area contributed by atoms with E-state index in [9.17, 15) is 0 Å². The van der Waals surface area contributed by atoms with Crippen LogP contribution >= 0.6 is 22.9 Å². The third-order valence-electron chi connectivity index (χ3n) is 2.30. The standard InChI is InChI=1S/C12H12ClN3S/c1-4-5-7(2)14-10-9-6-8(3)17-11(9)16-12(13)15-10/h1,6-7H,5H2,2-3H3,(H,14,15,16). The lowest BCUT2D eigenvalue weighted by Crippen LogP contribution is -2.15. The summed E-state index contributed by atoms with van der Waals surface area (Å²) in [7, 11) is 0. The zero-order valence-corrected chi connectivity index (χ0v) is 11.2. The summed E-state index contributed by atoms with van der Waals surface area (Å²) in [6.07, 6.45) is 5.93. The maximum Gasteiger partial charge on any atom is 0.225 e. The Labute approximate surface area is 109 Å². The molecule has 0 aliphatic carbocycles. The highest BCUT2D eigenvalue weighted by molar-refractivity contribution is 7.18. The van der Waals surface area contributed by atoms with E-state index in [0.717, 1.165) is 16.0 Å². The summed E-state index contributed by atoms with van der Waals surface area (Å²) in [5.74, 6) is 3.38. The van der Waals surface area contributed by atoms with Crippen LogP contribution in [0, 0.1) is 19.3 Å². The summed E-state index contributed by atoms with van der Waals surface area (Å²) in [5, 5.41) is 4.53. The Balaban J connectivity index is 2.42. The van der Waals surface area contributed by atoms with Crippen LogP contribution in [0.4, 0.5) is 5.82 Å². The van der Waals surface area contributed by atoms with Gasteiger partial charge < -0.3 is 5.32 Å². The number of hydrogen-bond acceptors (Lipinski definition) is 4. The van der Waals surface area contributed by atoms with Gasteiger partial charge in [-0.15, -0.1) is 23.7 Å². The number of rotatable bonds is 3. The molecule has 5 heteroatoms. The number of nitrogens with zero attached hydrogens (tertiary/aromatic N) is 2. The molecular formula is C12H12ClN3S. The Bertz CT molecular complexity index is 585. The molecule has 0 fully saturated rings. The van der Waals surface area contributed by atoms with Gasteiger partial charge in [-0.3, -0.25) is 0 Å². The molecule has 2 aromatic heterocycles. The van der Waals surface area contributed by atoms with E-state index in [1.165, 1.54) is 4.88 Å². The van der Waals surface area contributed by atoms with Crippen molar-refractivity contribution in [3.05, 3.63) is 16.2 Å². The topological polar surface area (TPSA) is 37.8 Å². The van der Waals surface area contributed by atoms with E-state index in [2.05, 4.69) is 27.3 Å². The van der Waals surface area contributed by atoms with E-state index >= 15 is 0 Å². The Hall–Kier alpha value is -1.31. The molecule has 2 heterocycles. The largest absolute Gasteiger partial charge is 0.366 e. The number of aromatic nitrogens is 2. The molecule has 0 amide bonds. The molecule has 2 rings (SSSR count). The van der Waals surface area contributed by atoms with Gasteiger partial charge in [-0.05, 0) is 31.5 Å². The second kappa shape index (κ2) is 4.91. The third-order valence-corrected chi connectivity index (χ3v) is 3.41. The highest BCUT2D eigenvalue weighted by Gasteiger charge is 2.11. The van der Waals surface area contributed by atoms with Crippen molar-refractivity contribution in [2.45, 2.75) is 26.3 Å². The fourth-order valence-corrected chi connectivity index (χ4v) is 2.69. The molecule has 0 bridgehead atoms. The van der Waals surface area contributed by atoms with Gasteiger partial charge >= 0.3 is 0 Å². The SMILES string of the molecule is C#CCC(C)Nc1nc(Cl)nc2sc(C)cc12. The van der Waals surface area contributed by atoms with Crippen molar-refractivity contribution in [1.29, 1.82) is 0 Å². The van der Waals surface area contributed by atoms with Gasteiger partial charge in [0.1, 0.15) is 10.6 Å². The van der Waals surface area contributed by atoms with E-state index in [-0.39, 0.29) is 11.3 Å². The quantitative estimate of drug-likeness (QED) is 0.682. The van der Waals surface area contributed by atoms with Crippen LogP contribution in [0.25, 0.3) is 10.2 Å². The van der Waals surface area contributed by atoms with Crippen molar-refractivity contribution in [1.82, 2.24) is 9.97 Å². The summed E-state index contributed by atoms with van der Waals surface area (Å²) in [6, 6.07) is 2.22. The van der Waals surface area contributed by atoms with Gasteiger partial charge in [-0.1, -0.05) is 0 Å². The molecular weight excluding hydrogens is 254 g/mol. The number of nitrogens with one attached hydrogen (secondary N) is 1. The van der Waals surface area contributed by atoms with Crippen LogP contribution in [0.3, 0.4) is 0 Å². The summed E-state index contributed by atoms with van der Waals surface area (Å²) in [4.78, 5) is 10.5. The maximum atomic E-state index is 5.90. The average molecular weight is 266 g/mol. The van der Waals surface area contributed by atoms with Crippen molar-refractivity contribution < 1.29 is 0 Å². The Morgan fingerprint density at radius 2 is 2.35 bits per heavy atom. The molecule has 88 valence electrons. The van der Waals surface area contributed by atoms with E-state index in [4.69, 9.17) is 18.0 Å². The van der Waals surface area contributed by atoms with Crippen LogP contribution in [-0.4, -0.2) is 16.0 Å². The zero-order valence-electron chi connectivity index (χ0n) is 9.62. The number of terminal acetylenes is 1. The van der Waals surface area contributed by atoms with Gasteiger partial charge in [-0.25, -0.2) is 9.97 Å². The van der Waals surface area contributed by atoms with Crippen molar-refractivity contribution >= 4 is 39.0 Å². The van der Waals surface area contributed by atoms with Gasteiger partial charge in [0.15, 0.2) is 0 Å². The number of halogens is 1. The predicted molar refractivity (Wildman–Crippen MR) is 73.7 cm³/mol. The van der Waals surface area contributed by atoms with E-state index < -0.39 is 0 Å². The zero-order chi connectivity index (χ0) is 12.4. The van der Waals surface area contributed by atoms with Gasteiger partial charge in [0.25, 0.3) is 0 Å². The Morgan fingerprint density at radius 3 is 3.06 bits per heavy atom. The molecule has 0 radical (unpaired) electrons. The molecule has 17 heavy (non-hydrogen) atoms. The summed E-state index contributed by atoms with van der Waals surface area (Å²) < 4.78 is 0. The minimum atomic E-state index is 0.161. The molecule has 0 aromatic carbocycles. The van der Waals surface area contributed by atoms with E-state index in [1.54, 1.807) is 11.3 Å². The van der Waals surface area contributed by atoms with Crippen LogP contribution in [0.15, 0.2) is 6.07 Å². The minimum absolute atomic E-state index is 0.161. The molecule has 2 aromatic rings. The highest BCUT2D eigenvalue weighted by Crippen LogP contribution is 2.29. The van der Waals surface area contributed by atoms with Crippen LogP contribution in [-0.2, 0) is 0 Å². The van der Waals surface area contributed by atoms with Crippen molar-refractivity contribution in [2.75, 3.05) is 5.32 Å². The number of anilines is 1. The average Bonchev–Trinajstić information content (AvgIpc) is 2.58. The molecule has 1 N–H and O–H groups in total. The summed E-state index contributed by atoms with van der Waals surface area (Å²) in [6.45, 7) is 4.05. The number of hydrogen-bond donors (Lipinski definition) is 1. The number of fused-ring (bicyclic) bond motifs is 1. The second-order valence-corrected chi connectivity index (χ2v) is 5.44. The van der Waals surface area contributed by atoms with Crippen LogP contribution in [0.5, 0.6) is 0 Å². The molecule has 3 nitrogen and oxygen atoms in total. The fraction of sp³-hybridized carbons (Fsp3) is 0.333. The molecule has 0 saturated heterocycles. The first-order chi connectivity index (χ1) is 8.10. The van der Waals surface area contributed by atoms with E-state index in [1.807, 2.05) is 13.8 Å². The smallest absolute Gasteiger partial charge is 0.225 e. The molecule has 1 unspecified atom stereocenters. The molecule has 0 saturated carbocycles. The van der Waals surface area contributed by atoms with Crippen LogP contribution in [0.1, 0.15) is 18.2 Å². The normalized spacial score (nSPS) is 12.4. The molecule has 0 spiro atoms. The maximum absolute atomic E-state index is 5.90. The monoisotopic (exact) mass is 265 g/mol. The highest BCUT2D eigenvalue weighted by atomic mass is 35.5. The fourth-order valence-electron chi connectivity index (χ4n) is 1.59. The lowest BCUT2D eigenvalue weighted by atomic mass is 10.2. The first kappa shape index (κ1) is 12.2.